The van der Waals surface area contributed by atoms with Crippen molar-refractivity contribution in [3.63, 3.8) is 0 Å². The number of carboxylic acid groups (broad SMARTS) is 1. The number of urea groups is 1. The van der Waals surface area contributed by atoms with Crippen LogP contribution in [0.4, 0.5) is 10.5 Å². The molecule has 6 nitrogen and oxygen atoms in total. The molecule has 2 atom stereocenters. The lowest BCUT2D eigenvalue weighted by Crippen LogP contribution is -2.36. The number of hydrogen-bond acceptors (Lipinski definition) is 3. The third-order valence-corrected chi connectivity index (χ3v) is 3.56. The van der Waals surface area contributed by atoms with E-state index in [-0.39, 0.29) is 12.6 Å². The first kappa shape index (κ1) is 15.6. The van der Waals surface area contributed by atoms with Crippen molar-refractivity contribution in [2.75, 3.05) is 11.9 Å². The van der Waals surface area contributed by atoms with Gasteiger partial charge in [0.05, 0.1) is 16.8 Å². The zero-order chi connectivity index (χ0) is 15.4. The Kier molecular flexibility index (Phi) is 5.03. The highest BCUT2D eigenvalue weighted by atomic mass is 35.5. The van der Waals surface area contributed by atoms with Crippen LogP contribution >= 0.6 is 11.6 Å². The largest absolute Gasteiger partial charge is 0.479 e. The van der Waals surface area contributed by atoms with Crippen LogP contribution in [-0.2, 0) is 9.53 Å². The highest BCUT2D eigenvalue weighted by molar-refractivity contribution is 6.33. The third kappa shape index (κ3) is 4.34. The Morgan fingerprint density at radius 3 is 2.81 bits per heavy atom. The first-order valence-electron chi connectivity index (χ1n) is 6.65. The van der Waals surface area contributed by atoms with E-state index < -0.39 is 18.1 Å². The molecule has 1 aromatic carbocycles. The van der Waals surface area contributed by atoms with Crippen molar-refractivity contribution in [2.24, 2.45) is 0 Å². The minimum absolute atomic E-state index is 0.263. The lowest BCUT2D eigenvalue weighted by Gasteiger charge is -2.13. The van der Waals surface area contributed by atoms with Crippen molar-refractivity contribution in [3.8, 4) is 0 Å². The fourth-order valence-electron chi connectivity index (χ4n) is 2.13. The second-order valence-corrected chi connectivity index (χ2v) is 5.39. The molecule has 0 radical (unpaired) electrons. The predicted molar refractivity (Wildman–Crippen MR) is 78.7 cm³/mol. The molecule has 2 amide bonds. The maximum absolute atomic E-state index is 11.8. The fourth-order valence-corrected chi connectivity index (χ4v) is 2.41. The number of aliphatic carboxylic acids is 1. The standard InChI is InChI=1S/C14H17ClN2O4/c1-8-2-4-11(10(15)6-8)17-14(20)16-7-9-3-5-12(21-9)13(18)19/h2,4,6,9,12H,3,5,7H2,1H3,(H,18,19)(H2,16,17,20). The van der Waals surface area contributed by atoms with E-state index in [0.717, 1.165) is 5.56 Å². The van der Waals surface area contributed by atoms with Crippen LogP contribution < -0.4 is 10.6 Å². The monoisotopic (exact) mass is 312 g/mol. The third-order valence-electron chi connectivity index (χ3n) is 3.25. The Bertz CT molecular complexity index is 550. The lowest BCUT2D eigenvalue weighted by atomic mass is 10.2. The molecule has 1 aromatic rings. The maximum Gasteiger partial charge on any atom is 0.332 e. The number of carboxylic acids is 1. The van der Waals surface area contributed by atoms with E-state index in [4.69, 9.17) is 21.4 Å². The molecule has 1 aliphatic heterocycles. The molecule has 0 aliphatic carbocycles. The maximum atomic E-state index is 11.8. The topological polar surface area (TPSA) is 87.7 Å². The first-order valence-corrected chi connectivity index (χ1v) is 7.03. The summed E-state index contributed by atoms with van der Waals surface area (Å²) in [5.74, 6) is -0.964. The number of ether oxygens (including phenoxy) is 1. The molecule has 114 valence electrons. The van der Waals surface area contributed by atoms with E-state index in [1.54, 1.807) is 12.1 Å². The molecule has 7 heteroatoms. The van der Waals surface area contributed by atoms with Gasteiger partial charge in [0, 0.05) is 6.54 Å². The number of amides is 2. The lowest BCUT2D eigenvalue weighted by molar-refractivity contribution is -0.149. The zero-order valence-corrected chi connectivity index (χ0v) is 12.3. The van der Waals surface area contributed by atoms with Gasteiger partial charge in [0.25, 0.3) is 0 Å². The van der Waals surface area contributed by atoms with E-state index in [1.807, 2.05) is 13.0 Å². The number of anilines is 1. The molecule has 1 fully saturated rings. The van der Waals surface area contributed by atoms with Crippen LogP contribution in [0.25, 0.3) is 0 Å². The summed E-state index contributed by atoms with van der Waals surface area (Å²) in [6, 6.07) is 4.93. The van der Waals surface area contributed by atoms with Gasteiger partial charge in [0.1, 0.15) is 0 Å². The van der Waals surface area contributed by atoms with Gasteiger partial charge in [0.15, 0.2) is 6.10 Å². The SMILES string of the molecule is Cc1ccc(NC(=O)NCC2CCC(C(=O)O)O2)c(Cl)c1. The smallest absolute Gasteiger partial charge is 0.332 e. The van der Waals surface area contributed by atoms with Crippen molar-refractivity contribution in [2.45, 2.75) is 32.0 Å². The van der Waals surface area contributed by atoms with Crippen molar-refractivity contribution in [1.82, 2.24) is 5.32 Å². The molecule has 21 heavy (non-hydrogen) atoms. The zero-order valence-electron chi connectivity index (χ0n) is 11.6. The number of rotatable bonds is 4. The fraction of sp³-hybridized carbons (Fsp3) is 0.429. The number of nitrogens with one attached hydrogen (secondary N) is 2. The van der Waals surface area contributed by atoms with Gasteiger partial charge in [-0.1, -0.05) is 17.7 Å². The number of benzene rings is 1. The van der Waals surface area contributed by atoms with Crippen molar-refractivity contribution in [1.29, 1.82) is 0 Å². The summed E-state index contributed by atoms with van der Waals surface area (Å²) >= 11 is 6.02. The van der Waals surface area contributed by atoms with E-state index in [1.165, 1.54) is 0 Å². The molecule has 1 aliphatic rings. The van der Waals surface area contributed by atoms with E-state index in [2.05, 4.69) is 10.6 Å². The van der Waals surface area contributed by atoms with Crippen molar-refractivity contribution >= 4 is 29.3 Å². The van der Waals surface area contributed by atoms with Gasteiger partial charge in [-0.2, -0.15) is 0 Å². The van der Waals surface area contributed by atoms with Crippen LogP contribution in [-0.4, -0.2) is 35.9 Å². The minimum atomic E-state index is -0.964. The second kappa shape index (κ2) is 6.78. The summed E-state index contributed by atoms with van der Waals surface area (Å²) in [5, 5.41) is 14.6. The van der Waals surface area contributed by atoms with Crippen LogP contribution in [0.5, 0.6) is 0 Å². The summed E-state index contributed by atoms with van der Waals surface area (Å²) in [7, 11) is 0. The number of halogens is 1. The highest BCUT2D eigenvalue weighted by Gasteiger charge is 2.30. The minimum Gasteiger partial charge on any atom is -0.479 e. The van der Waals surface area contributed by atoms with Gasteiger partial charge >= 0.3 is 12.0 Å². The number of carbonyl (C=O) groups is 2. The number of aryl methyl sites for hydroxylation is 1. The Morgan fingerprint density at radius 2 is 2.19 bits per heavy atom. The molecule has 1 saturated heterocycles. The summed E-state index contributed by atoms with van der Waals surface area (Å²) < 4.78 is 5.29. The Balaban J connectivity index is 1.79. The quantitative estimate of drug-likeness (QED) is 0.796. The first-order chi connectivity index (χ1) is 9.95. The average molecular weight is 313 g/mol. The normalized spacial score (nSPS) is 21.0. The molecule has 0 aromatic heterocycles. The van der Waals surface area contributed by atoms with Gasteiger partial charge in [0.2, 0.25) is 0 Å². The summed E-state index contributed by atoms with van der Waals surface area (Å²) in [5.41, 5.74) is 1.53. The Morgan fingerprint density at radius 1 is 1.43 bits per heavy atom. The highest BCUT2D eigenvalue weighted by Crippen LogP contribution is 2.22. The van der Waals surface area contributed by atoms with Crippen molar-refractivity contribution < 1.29 is 19.4 Å². The molecule has 0 saturated carbocycles. The molecule has 3 N–H and O–H groups in total. The number of carbonyl (C=O) groups excluding carboxylic acids is 1. The van der Waals surface area contributed by atoms with E-state index in [0.29, 0.717) is 23.6 Å². The predicted octanol–water partition coefficient (Wildman–Crippen LogP) is 2.40. The van der Waals surface area contributed by atoms with Gasteiger partial charge in [-0.15, -0.1) is 0 Å². The Labute approximate surface area is 127 Å². The van der Waals surface area contributed by atoms with Crippen LogP contribution in [0.3, 0.4) is 0 Å². The van der Waals surface area contributed by atoms with Crippen molar-refractivity contribution in [3.05, 3.63) is 28.8 Å². The molecular formula is C14H17ClN2O4. The van der Waals surface area contributed by atoms with Crippen LogP contribution in [0.15, 0.2) is 18.2 Å². The number of hydrogen-bond donors (Lipinski definition) is 3. The summed E-state index contributed by atoms with van der Waals surface area (Å²) in [6.45, 7) is 2.17. The van der Waals surface area contributed by atoms with Gasteiger partial charge in [-0.05, 0) is 37.5 Å². The second-order valence-electron chi connectivity index (χ2n) is 4.98. The van der Waals surface area contributed by atoms with Gasteiger partial charge < -0.3 is 20.5 Å². The van der Waals surface area contributed by atoms with Gasteiger partial charge in [-0.3, -0.25) is 0 Å². The molecule has 2 rings (SSSR count). The molecule has 1 heterocycles. The van der Waals surface area contributed by atoms with Crippen LogP contribution in [0.2, 0.25) is 5.02 Å². The van der Waals surface area contributed by atoms with E-state index >= 15 is 0 Å². The molecule has 2 unspecified atom stereocenters. The molecule has 0 bridgehead atoms. The molecular weight excluding hydrogens is 296 g/mol. The average Bonchev–Trinajstić information content (AvgIpc) is 2.89. The summed E-state index contributed by atoms with van der Waals surface area (Å²) in [6.07, 6.45) is 0.0343. The van der Waals surface area contributed by atoms with Crippen LogP contribution in [0.1, 0.15) is 18.4 Å². The molecule has 0 spiro atoms. The van der Waals surface area contributed by atoms with Gasteiger partial charge in [-0.25, -0.2) is 9.59 Å². The van der Waals surface area contributed by atoms with E-state index in [9.17, 15) is 9.59 Å². The Hall–Kier alpha value is -1.79. The summed E-state index contributed by atoms with van der Waals surface area (Å²) in [4.78, 5) is 22.5. The van der Waals surface area contributed by atoms with Crippen LogP contribution in [0, 0.1) is 6.92 Å².